The molecule has 24 heavy (non-hydrogen) atoms. The Bertz CT molecular complexity index is 960. The van der Waals surface area contributed by atoms with E-state index in [0.717, 1.165) is 33.3 Å². The summed E-state index contributed by atoms with van der Waals surface area (Å²) >= 11 is 1.51. The van der Waals surface area contributed by atoms with Crippen molar-refractivity contribution in [1.29, 1.82) is 0 Å². The largest absolute Gasteiger partial charge is 0.300 e. The van der Waals surface area contributed by atoms with Crippen LogP contribution in [-0.2, 0) is 0 Å². The standard InChI is InChI=1S/C17H14N6S/c1-11-7-8-18-16(20-11)22-17-21-14(10-24-17)13-9-19-23-15(13)12-5-3-2-4-6-12/h2-10H,1H3,(H,19,23)(H,18,20,21,22). The highest BCUT2D eigenvalue weighted by molar-refractivity contribution is 7.14. The quantitative estimate of drug-likeness (QED) is 0.589. The highest BCUT2D eigenvalue weighted by Gasteiger charge is 2.13. The van der Waals surface area contributed by atoms with Gasteiger partial charge in [-0.1, -0.05) is 30.3 Å². The predicted molar refractivity (Wildman–Crippen MR) is 95.2 cm³/mol. The lowest BCUT2D eigenvalue weighted by molar-refractivity contribution is 1.10. The zero-order valence-electron chi connectivity index (χ0n) is 12.9. The van der Waals surface area contributed by atoms with Crippen LogP contribution in [0.2, 0.25) is 0 Å². The molecule has 0 unspecified atom stereocenters. The maximum atomic E-state index is 4.63. The second-order valence-electron chi connectivity index (χ2n) is 5.21. The molecule has 6 nitrogen and oxygen atoms in total. The number of anilines is 2. The molecule has 1 aromatic carbocycles. The Kier molecular flexibility index (Phi) is 3.76. The molecule has 0 aliphatic carbocycles. The van der Waals surface area contributed by atoms with Crippen LogP contribution in [0.1, 0.15) is 5.69 Å². The van der Waals surface area contributed by atoms with Crippen LogP contribution in [0, 0.1) is 6.92 Å². The van der Waals surface area contributed by atoms with Crippen molar-refractivity contribution >= 4 is 22.4 Å². The van der Waals surface area contributed by atoms with E-state index in [9.17, 15) is 0 Å². The zero-order chi connectivity index (χ0) is 16.4. The first-order valence-corrected chi connectivity index (χ1v) is 8.29. The Labute approximate surface area is 142 Å². The van der Waals surface area contributed by atoms with Gasteiger partial charge in [-0.15, -0.1) is 11.3 Å². The fourth-order valence-corrected chi connectivity index (χ4v) is 3.07. The average Bonchev–Trinajstić information content (AvgIpc) is 3.24. The molecule has 3 heterocycles. The summed E-state index contributed by atoms with van der Waals surface area (Å²) in [4.78, 5) is 13.2. The SMILES string of the molecule is Cc1ccnc(Nc2nc(-c3cn[nH]c3-c3ccccc3)cs2)n1. The number of aromatic amines is 1. The summed E-state index contributed by atoms with van der Waals surface area (Å²) in [7, 11) is 0. The number of rotatable bonds is 4. The lowest BCUT2D eigenvalue weighted by Crippen LogP contribution is -1.97. The second kappa shape index (κ2) is 6.21. The molecule has 0 aliphatic heterocycles. The highest BCUT2D eigenvalue weighted by Crippen LogP contribution is 2.32. The van der Waals surface area contributed by atoms with Crippen molar-refractivity contribution in [3.05, 3.63) is 59.9 Å². The van der Waals surface area contributed by atoms with Gasteiger partial charge in [-0.2, -0.15) is 5.10 Å². The van der Waals surface area contributed by atoms with E-state index in [4.69, 9.17) is 0 Å². The molecule has 0 spiro atoms. The van der Waals surface area contributed by atoms with Crippen LogP contribution in [-0.4, -0.2) is 25.1 Å². The van der Waals surface area contributed by atoms with Gasteiger partial charge in [0.2, 0.25) is 5.95 Å². The number of nitrogens with one attached hydrogen (secondary N) is 2. The number of hydrogen-bond donors (Lipinski definition) is 2. The second-order valence-corrected chi connectivity index (χ2v) is 6.07. The third kappa shape index (κ3) is 2.89. The van der Waals surface area contributed by atoms with Crippen molar-refractivity contribution in [2.24, 2.45) is 0 Å². The summed E-state index contributed by atoms with van der Waals surface area (Å²) in [6.45, 7) is 1.93. The Balaban J connectivity index is 1.63. The Morgan fingerprint density at radius 1 is 1.08 bits per heavy atom. The van der Waals surface area contributed by atoms with Gasteiger partial charge in [-0.3, -0.25) is 5.10 Å². The zero-order valence-corrected chi connectivity index (χ0v) is 13.7. The number of nitrogens with zero attached hydrogens (tertiary/aromatic N) is 4. The minimum atomic E-state index is 0.548. The monoisotopic (exact) mass is 334 g/mol. The molecule has 4 rings (SSSR count). The van der Waals surface area contributed by atoms with Gasteiger partial charge in [0.15, 0.2) is 5.13 Å². The van der Waals surface area contributed by atoms with Crippen LogP contribution in [0.5, 0.6) is 0 Å². The van der Waals surface area contributed by atoms with E-state index in [1.165, 1.54) is 11.3 Å². The molecule has 0 saturated heterocycles. The van der Waals surface area contributed by atoms with Crippen LogP contribution in [0.15, 0.2) is 54.2 Å². The van der Waals surface area contributed by atoms with Crippen molar-refractivity contribution in [1.82, 2.24) is 25.1 Å². The molecule has 118 valence electrons. The first-order chi connectivity index (χ1) is 11.8. The first kappa shape index (κ1) is 14.5. The lowest BCUT2D eigenvalue weighted by Gasteiger charge is -2.01. The van der Waals surface area contributed by atoms with Gasteiger partial charge in [-0.25, -0.2) is 15.0 Å². The maximum Gasteiger partial charge on any atom is 0.229 e. The summed E-state index contributed by atoms with van der Waals surface area (Å²) in [5.74, 6) is 0.548. The first-order valence-electron chi connectivity index (χ1n) is 7.41. The van der Waals surface area contributed by atoms with E-state index < -0.39 is 0 Å². The molecule has 2 N–H and O–H groups in total. The normalized spacial score (nSPS) is 10.7. The number of benzene rings is 1. The minimum absolute atomic E-state index is 0.548. The van der Waals surface area contributed by atoms with Crippen LogP contribution >= 0.6 is 11.3 Å². The molecule has 7 heteroatoms. The van der Waals surface area contributed by atoms with E-state index in [1.54, 1.807) is 12.4 Å². The van der Waals surface area contributed by atoms with Gasteiger partial charge in [0.25, 0.3) is 0 Å². The summed E-state index contributed by atoms with van der Waals surface area (Å²) in [6.07, 6.45) is 3.52. The number of aryl methyl sites for hydroxylation is 1. The molecule has 0 radical (unpaired) electrons. The molecule has 0 bridgehead atoms. The molecule has 0 fully saturated rings. The van der Waals surface area contributed by atoms with Crippen LogP contribution < -0.4 is 5.32 Å². The summed E-state index contributed by atoms with van der Waals surface area (Å²) in [6, 6.07) is 11.9. The maximum absolute atomic E-state index is 4.63. The van der Waals surface area contributed by atoms with Crippen molar-refractivity contribution in [2.45, 2.75) is 6.92 Å². The van der Waals surface area contributed by atoms with Crippen molar-refractivity contribution in [2.75, 3.05) is 5.32 Å². The molecule has 0 amide bonds. The highest BCUT2D eigenvalue weighted by atomic mass is 32.1. The number of hydrogen-bond acceptors (Lipinski definition) is 6. The lowest BCUT2D eigenvalue weighted by atomic mass is 10.1. The average molecular weight is 334 g/mol. The molecule has 3 aromatic heterocycles. The molecule has 0 saturated carbocycles. The van der Waals surface area contributed by atoms with Gasteiger partial charge in [0, 0.05) is 28.4 Å². The summed E-state index contributed by atoms with van der Waals surface area (Å²) in [5.41, 5.74) is 4.78. The molecular formula is C17H14N6S. The molecule has 0 aliphatic rings. The van der Waals surface area contributed by atoms with Crippen LogP contribution in [0.25, 0.3) is 22.5 Å². The predicted octanol–water partition coefficient (Wildman–Crippen LogP) is 4.04. The van der Waals surface area contributed by atoms with E-state index in [1.807, 2.05) is 48.7 Å². The number of thiazole rings is 1. The molecular weight excluding hydrogens is 320 g/mol. The minimum Gasteiger partial charge on any atom is -0.300 e. The smallest absolute Gasteiger partial charge is 0.229 e. The van der Waals surface area contributed by atoms with Gasteiger partial charge in [0.05, 0.1) is 17.6 Å². The Hall–Kier alpha value is -3.06. The Morgan fingerprint density at radius 3 is 2.79 bits per heavy atom. The van der Waals surface area contributed by atoms with E-state index in [2.05, 4.69) is 30.5 Å². The number of H-pyrrole nitrogens is 1. The third-order valence-electron chi connectivity index (χ3n) is 3.50. The van der Waals surface area contributed by atoms with Gasteiger partial charge < -0.3 is 5.32 Å². The summed E-state index contributed by atoms with van der Waals surface area (Å²) < 4.78 is 0. The van der Waals surface area contributed by atoms with Crippen LogP contribution in [0.4, 0.5) is 11.1 Å². The number of aromatic nitrogens is 5. The molecule has 0 atom stereocenters. The fraction of sp³-hybridized carbons (Fsp3) is 0.0588. The van der Waals surface area contributed by atoms with Crippen molar-refractivity contribution < 1.29 is 0 Å². The topological polar surface area (TPSA) is 79.4 Å². The van der Waals surface area contributed by atoms with Gasteiger partial charge in [-0.05, 0) is 13.0 Å². The summed E-state index contributed by atoms with van der Waals surface area (Å²) in [5, 5.41) is 13.1. The van der Waals surface area contributed by atoms with Gasteiger partial charge in [0.1, 0.15) is 0 Å². The third-order valence-corrected chi connectivity index (χ3v) is 4.25. The van der Waals surface area contributed by atoms with Gasteiger partial charge >= 0.3 is 0 Å². The van der Waals surface area contributed by atoms with E-state index >= 15 is 0 Å². The molecule has 4 aromatic rings. The Morgan fingerprint density at radius 2 is 1.96 bits per heavy atom. The van der Waals surface area contributed by atoms with Crippen LogP contribution in [0.3, 0.4) is 0 Å². The fourth-order valence-electron chi connectivity index (χ4n) is 2.36. The van der Waals surface area contributed by atoms with E-state index in [0.29, 0.717) is 5.95 Å². The van der Waals surface area contributed by atoms with Crippen molar-refractivity contribution in [3.63, 3.8) is 0 Å². The van der Waals surface area contributed by atoms with E-state index in [-0.39, 0.29) is 0 Å². The van der Waals surface area contributed by atoms with Crippen molar-refractivity contribution in [3.8, 4) is 22.5 Å².